The van der Waals surface area contributed by atoms with Gasteiger partial charge in [0.1, 0.15) is 0 Å². The van der Waals surface area contributed by atoms with E-state index in [0.717, 1.165) is 5.57 Å². The fourth-order valence-electron chi connectivity index (χ4n) is 0.580. The third kappa shape index (κ3) is 1.40. The van der Waals surface area contributed by atoms with Crippen LogP contribution < -0.4 is 5.73 Å². The molecule has 0 aliphatic rings. The number of rotatable bonds is 2. The molecule has 0 amide bonds. The fraction of sp³-hybridized carbons (Fsp3) is 0.143. The molecule has 0 bridgehead atoms. The zero-order valence-electron chi connectivity index (χ0n) is 5.13. The monoisotopic (exact) mass is 139 g/mol. The summed E-state index contributed by atoms with van der Waals surface area (Å²) < 4.78 is 0. The molecule has 0 radical (unpaired) electrons. The van der Waals surface area contributed by atoms with E-state index in [1.165, 1.54) is 4.88 Å². The van der Waals surface area contributed by atoms with Crippen molar-refractivity contribution in [2.45, 2.75) is 0 Å². The first-order chi connectivity index (χ1) is 4.34. The van der Waals surface area contributed by atoms with Crippen molar-refractivity contribution in [3.05, 3.63) is 29.0 Å². The molecular formula is C7H9NS. The second-order valence-electron chi connectivity index (χ2n) is 1.78. The van der Waals surface area contributed by atoms with E-state index in [1.807, 2.05) is 17.5 Å². The SMILES string of the molecule is C=C(CN)c1cccs1. The molecule has 0 saturated carbocycles. The first-order valence-electron chi connectivity index (χ1n) is 2.76. The van der Waals surface area contributed by atoms with Crippen LogP contribution >= 0.6 is 11.3 Å². The highest BCUT2D eigenvalue weighted by Crippen LogP contribution is 2.16. The van der Waals surface area contributed by atoms with Gasteiger partial charge in [0.05, 0.1) is 0 Å². The zero-order valence-corrected chi connectivity index (χ0v) is 5.95. The molecule has 1 rings (SSSR count). The van der Waals surface area contributed by atoms with Crippen molar-refractivity contribution in [1.82, 2.24) is 0 Å². The first kappa shape index (κ1) is 6.52. The average Bonchev–Trinajstić information content (AvgIpc) is 2.37. The summed E-state index contributed by atoms with van der Waals surface area (Å²) in [6.45, 7) is 4.36. The van der Waals surface area contributed by atoms with Crippen LogP contribution in [0.5, 0.6) is 0 Å². The molecule has 1 aromatic heterocycles. The molecule has 2 N–H and O–H groups in total. The summed E-state index contributed by atoms with van der Waals surface area (Å²) in [4.78, 5) is 1.19. The average molecular weight is 139 g/mol. The van der Waals surface area contributed by atoms with Crippen LogP contribution in [0.25, 0.3) is 5.57 Å². The quantitative estimate of drug-likeness (QED) is 0.663. The summed E-state index contributed by atoms with van der Waals surface area (Å²) in [6.07, 6.45) is 0. The molecule has 0 aromatic carbocycles. The van der Waals surface area contributed by atoms with Gasteiger partial charge in [-0.25, -0.2) is 0 Å². The van der Waals surface area contributed by atoms with Gasteiger partial charge in [-0.1, -0.05) is 12.6 Å². The van der Waals surface area contributed by atoms with Gasteiger partial charge in [0.25, 0.3) is 0 Å². The number of hydrogen-bond donors (Lipinski definition) is 1. The summed E-state index contributed by atoms with van der Waals surface area (Å²) in [5, 5.41) is 2.02. The van der Waals surface area contributed by atoms with E-state index in [0.29, 0.717) is 6.54 Å². The smallest absolute Gasteiger partial charge is 0.0309 e. The highest BCUT2D eigenvalue weighted by Gasteiger charge is 1.93. The third-order valence-corrected chi connectivity index (χ3v) is 2.09. The minimum Gasteiger partial charge on any atom is -0.326 e. The van der Waals surface area contributed by atoms with Crippen LogP contribution in [0.4, 0.5) is 0 Å². The van der Waals surface area contributed by atoms with E-state index >= 15 is 0 Å². The second kappa shape index (κ2) is 2.80. The molecule has 48 valence electrons. The minimum absolute atomic E-state index is 0.556. The largest absolute Gasteiger partial charge is 0.326 e. The molecule has 0 unspecified atom stereocenters. The van der Waals surface area contributed by atoms with Crippen molar-refractivity contribution in [1.29, 1.82) is 0 Å². The molecule has 2 heteroatoms. The van der Waals surface area contributed by atoms with Gasteiger partial charge in [-0.15, -0.1) is 11.3 Å². The van der Waals surface area contributed by atoms with E-state index in [9.17, 15) is 0 Å². The van der Waals surface area contributed by atoms with Gasteiger partial charge >= 0.3 is 0 Å². The van der Waals surface area contributed by atoms with E-state index in [-0.39, 0.29) is 0 Å². The highest BCUT2D eigenvalue weighted by molar-refractivity contribution is 7.11. The predicted molar refractivity (Wildman–Crippen MR) is 42.4 cm³/mol. The number of thiophene rings is 1. The van der Waals surface area contributed by atoms with Crippen LogP contribution in [-0.4, -0.2) is 6.54 Å². The zero-order chi connectivity index (χ0) is 6.69. The molecule has 0 atom stereocenters. The van der Waals surface area contributed by atoms with Gasteiger partial charge in [-0.05, 0) is 17.0 Å². The lowest BCUT2D eigenvalue weighted by atomic mass is 10.2. The molecule has 0 fully saturated rings. The lowest BCUT2D eigenvalue weighted by Gasteiger charge is -1.93. The van der Waals surface area contributed by atoms with Gasteiger partial charge in [-0.2, -0.15) is 0 Å². The Bertz CT molecular complexity index is 189. The number of nitrogens with two attached hydrogens (primary N) is 1. The Kier molecular flexibility index (Phi) is 2.03. The van der Waals surface area contributed by atoms with Crippen LogP contribution in [0.1, 0.15) is 4.88 Å². The van der Waals surface area contributed by atoms with E-state index in [2.05, 4.69) is 6.58 Å². The fourth-order valence-corrected chi connectivity index (χ4v) is 1.29. The van der Waals surface area contributed by atoms with Gasteiger partial charge < -0.3 is 5.73 Å². The van der Waals surface area contributed by atoms with Crippen LogP contribution in [0, 0.1) is 0 Å². The maximum atomic E-state index is 5.37. The Balaban J connectivity index is 2.77. The molecule has 0 aliphatic heterocycles. The topological polar surface area (TPSA) is 26.0 Å². The first-order valence-corrected chi connectivity index (χ1v) is 3.64. The van der Waals surface area contributed by atoms with Gasteiger partial charge in [0.2, 0.25) is 0 Å². The van der Waals surface area contributed by atoms with Crippen LogP contribution in [0.15, 0.2) is 24.1 Å². The maximum absolute atomic E-state index is 5.37. The summed E-state index contributed by atoms with van der Waals surface area (Å²) in [5.41, 5.74) is 6.39. The lowest BCUT2D eigenvalue weighted by Crippen LogP contribution is -1.98. The standard InChI is InChI=1S/C7H9NS/c1-6(5-8)7-3-2-4-9-7/h2-4H,1,5,8H2. The summed E-state index contributed by atoms with van der Waals surface area (Å²) in [7, 11) is 0. The lowest BCUT2D eigenvalue weighted by molar-refractivity contribution is 1.28. The van der Waals surface area contributed by atoms with E-state index in [4.69, 9.17) is 5.73 Å². The molecule has 0 spiro atoms. The Morgan fingerprint density at radius 1 is 1.78 bits per heavy atom. The van der Waals surface area contributed by atoms with Crippen LogP contribution in [-0.2, 0) is 0 Å². The summed E-state index contributed by atoms with van der Waals surface area (Å²) in [5.74, 6) is 0. The Labute approximate surface area is 58.8 Å². The van der Waals surface area contributed by atoms with Crippen LogP contribution in [0.3, 0.4) is 0 Å². The third-order valence-electron chi connectivity index (χ3n) is 1.12. The van der Waals surface area contributed by atoms with Crippen molar-refractivity contribution >= 4 is 16.9 Å². The molecule has 1 nitrogen and oxygen atoms in total. The Morgan fingerprint density at radius 3 is 3.00 bits per heavy atom. The molecular weight excluding hydrogens is 130 g/mol. The number of hydrogen-bond acceptors (Lipinski definition) is 2. The van der Waals surface area contributed by atoms with E-state index < -0.39 is 0 Å². The summed E-state index contributed by atoms with van der Waals surface area (Å²) in [6, 6.07) is 4.03. The Morgan fingerprint density at radius 2 is 2.56 bits per heavy atom. The van der Waals surface area contributed by atoms with Crippen molar-refractivity contribution < 1.29 is 0 Å². The Hall–Kier alpha value is -0.600. The highest BCUT2D eigenvalue weighted by atomic mass is 32.1. The molecule has 0 aliphatic carbocycles. The molecule has 1 heterocycles. The van der Waals surface area contributed by atoms with Gasteiger partial charge in [-0.3, -0.25) is 0 Å². The maximum Gasteiger partial charge on any atom is 0.0309 e. The van der Waals surface area contributed by atoms with Crippen molar-refractivity contribution in [3.63, 3.8) is 0 Å². The van der Waals surface area contributed by atoms with Crippen LogP contribution in [0.2, 0.25) is 0 Å². The molecule has 0 saturated heterocycles. The summed E-state index contributed by atoms with van der Waals surface area (Å²) >= 11 is 1.68. The van der Waals surface area contributed by atoms with E-state index in [1.54, 1.807) is 11.3 Å². The second-order valence-corrected chi connectivity index (χ2v) is 2.73. The van der Waals surface area contributed by atoms with Crippen molar-refractivity contribution in [2.75, 3.05) is 6.54 Å². The molecule has 9 heavy (non-hydrogen) atoms. The van der Waals surface area contributed by atoms with Crippen molar-refractivity contribution in [3.8, 4) is 0 Å². The minimum atomic E-state index is 0.556. The van der Waals surface area contributed by atoms with Crippen molar-refractivity contribution in [2.24, 2.45) is 5.73 Å². The predicted octanol–water partition coefficient (Wildman–Crippen LogP) is 1.72. The van der Waals surface area contributed by atoms with Gasteiger partial charge in [0, 0.05) is 11.4 Å². The molecule has 1 aromatic rings. The normalized spacial score (nSPS) is 9.44. The van der Waals surface area contributed by atoms with Gasteiger partial charge in [0.15, 0.2) is 0 Å².